The van der Waals surface area contributed by atoms with Crippen molar-refractivity contribution in [2.75, 3.05) is 13.2 Å². The summed E-state index contributed by atoms with van der Waals surface area (Å²) in [6, 6.07) is 0. The molecule has 0 aliphatic rings. The highest BCUT2D eigenvalue weighted by molar-refractivity contribution is 5.71. The van der Waals surface area contributed by atoms with E-state index in [0.717, 1.165) is 96.3 Å². The van der Waals surface area contributed by atoms with Crippen molar-refractivity contribution in [2.24, 2.45) is 0 Å². The normalized spacial score (nSPS) is 12.5. The lowest BCUT2D eigenvalue weighted by molar-refractivity contribution is -0.167. The molecule has 6 heteroatoms. The van der Waals surface area contributed by atoms with Crippen LogP contribution in [0.2, 0.25) is 0 Å². The standard InChI is InChI=1S/C52H90O6/c1-4-7-10-13-16-19-22-24-25-26-27-28-29-31-33-36-39-42-45-51(54)57-48-49(47-56-50(53)44-41-38-35-32-21-18-15-12-9-6-3)58-52(55)46-43-40-37-34-30-23-20-17-14-11-8-5-2/h8,11,15,17-18,20,27-28,30,34,49H,4-7,9-10,12-14,16,19,21-26,29,31-33,35-48H2,1-3H3/b11-8-,18-15-,20-17-,28-27-,34-30-. The van der Waals surface area contributed by atoms with Gasteiger partial charge in [0.25, 0.3) is 0 Å². The topological polar surface area (TPSA) is 78.9 Å². The van der Waals surface area contributed by atoms with E-state index in [1.54, 1.807) is 0 Å². The highest BCUT2D eigenvalue weighted by atomic mass is 16.6. The summed E-state index contributed by atoms with van der Waals surface area (Å²) in [5, 5.41) is 0. The third-order valence-electron chi connectivity index (χ3n) is 10.2. The van der Waals surface area contributed by atoms with Crippen LogP contribution in [0.3, 0.4) is 0 Å². The molecule has 0 bridgehead atoms. The SMILES string of the molecule is CC/C=C\C/C=C\C/C=C\CCCCC(=O)OC(COC(=O)CCCCCC/C=C\CCCC)COC(=O)CCCCCCC/C=C\CCCCCCCCCCC. The maximum atomic E-state index is 12.7. The molecule has 0 aliphatic heterocycles. The number of allylic oxidation sites excluding steroid dienone is 10. The second kappa shape index (κ2) is 46.8. The lowest BCUT2D eigenvalue weighted by atomic mass is 10.1. The fourth-order valence-corrected chi connectivity index (χ4v) is 6.55. The van der Waals surface area contributed by atoms with Crippen LogP contribution in [0.5, 0.6) is 0 Å². The fraction of sp³-hybridized carbons (Fsp3) is 0.750. The third-order valence-corrected chi connectivity index (χ3v) is 10.2. The second-order valence-corrected chi connectivity index (χ2v) is 16.0. The summed E-state index contributed by atoms with van der Waals surface area (Å²) in [7, 11) is 0. The van der Waals surface area contributed by atoms with E-state index >= 15 is 0 Å². The minimum atomic E-state index is -0.799. The molecular weight excluding hydrogens is 721 g/mol. The van der Waals surface area contributed by atoms with Gasteiger partial charge in [0.05, 0.1) is 0 Å². The summed E-state index contributed by atoms with van der Waals surface area (Å²) in [6.45, 7) is 6.42. The van der Waals surface area contributed by atoms with E-state index in [1.807, 2.05) is 0 Å². The van der Waals surface area contributed by atoms with E-state index in [-0.39, 0.29) is 37.5 Å². The third kappa shape index (κ3) is 44.2. The van der Waals surface area contributed by atoms with Gasteiger partial charge in [-0.3, -0.25) is 14.4 Å². The Bertz CT molecular complexity index is 1070. The molecule has 0 heterocycles. The molecule has 0 aromatic rings. The number of esters is 3. The molecular formula is C52H90O6. The van der Waals surface area contributed by atoms with Crippen LogP contribution in [-0.4, -0.2) is 37.2 Å². The molecule has 334 valence electrons. The van der Waals surface area contributed by atoms with Gasteiger partial charge in [-0.05, 0) is 96.3 Å². The summed E-state index contributed by atoms with van der Waals surface area (Å²) in [5.74, 6) is -0.961. The van der Waals surface area contributed by atoms with Crippen molar-refractivity contribution in [3.63, 3.8) is 0 Å². The molecule has 58 heavy (non-hydrogen) atoms. The van der Waals surface area contributed by atoms with Crippen molar-refractivity contribution < 1.29 is 28.6 Å². The van der Waals surface area contributed by atoms with Crippen molar-refractivity contribution in [1.29, 1.82) is 0 Å². The zero-order chi connectivity index (χ0) is 42.3. The molecule has 0 aromatic carbocycles. The van der Waals surface area contributed by atoms with Crippen molar-refractivity contribution in [3.05, 3.63) is 60.8 Å². The van der Waals surface area contributed by atoms with Crippen LogP contribution in [0.15, 0.2) is 60.8 Å². The maximum absolute atomic E-state index is 12.7. The first kappa shape index (κ1) is 55.1. The van der Waals surface area contributed by atoms with Crippen molar-refractivity contribution in [2.45, 2.75) is 239 Å². The number of carbonyl (C=O) groups is 3. The molecule has 1 unspecified atom stereocenters. The van der Waals surface area contributed by atoms with Crippen LogP contribution in [-0.2, 0) is 28.6 Å². The Hall–Kier alpha value is -2.89. The Morgan fingerprint density at radius 1 is 0.362 bits per heavy atom. The monoisotopic (exact) mass is 811 g/mol. The minimum Gasteiger partial charge on any atom is -0.462 e. The molecule has 0 rings (SSSR count). The highest BCUT2D eigenvalue weighted by Gasteiger charge is 2.19. The molecule has 0 aromatic heterocycles. The summed E-state index contributed by atoms with van der Waals surface area (Å²) in [5.41, 5.74) is 0. The lowest BCUT2D eigenvalue weighted by Crippen LogP contribution is -2.30. The van der Waals surface area contributed by atoms with E-state index in [4.69, 9.17) is 14.2 Å². The Kier molecular flexibility index (Phi) is 44.5. The average molecular weight is 811 g/mol. The van der Waals surface area contributed by atoms with Gasteiger partial charge in [0.15, 0.2) is 6.10 Å². The number of rotatable bonds is 43. The Morgan fingerprint density at radius 3 is 1.16 bits per heavy atom. The molecule has 0 saturated carbocycles. The van der Waals surface area contributed by atoms with E-state index in [0.29, 0.717) is 19.3 Å². The van der Waals surface area contributed by atoms with Gasteiger partial charge in [0.1, 0.15) is 13.2 Å². The van der Waals surface area contributed by atoms with E-state index < -0.39 is 6.10 Å². The minimum absolute atomic E-state index is 0.0977. The lowest BCUT2D eigenvalue weighted by Gasteiger charge is -2.18. The number of unbranched alkanes of at least 4 members (excludes halogenated alkanes) is 22. The molecule has 0 radical (unpaired) electrons. The molecule has 0 fully saturated rings. The van der Waals surface area contributed by atoms with Gasteiger partial charge in [0.2, 0.25) is 0 Å². The summed E-state index contributed by atoms with van der Waals surface area (Å²) < 4.78 is 16.7. The quantitative estimate of drug-likeness (QED) is 0.0264. The van der Waals surface area contributed by atoms with Crippen LogP contribution >= 0.6 is 0 Å². The summed E-state index contributed by atoms with van der Waals surface area (Å²) in [4.78, 5) is 37.8. The Morgan fingerprint density at radius 2 is 0.690 bits per heavy atom. The molecule has 0 spiro atoms. The first-order valence-electron chi connectivity index (χ1n) is 24.3. The van der Waals surface area contributed by atoms with E-state index in [1.165, 1.54) is 89.9 Å². The molecule has 6 nitrogen and oxygen atoms in total. The predicted octanol–water partition coefficient (Wildman–Crippen LogP) is 15.7. The smallest absolute Gasteiger partial charge is 0.306 e. The predicted molar refractivity (Wildman–Crippen MR) is 247 cm³/mol. The fourth-order valence-electron chi connectivity index (χ4n) is 6.55. The first-order valence-corrected chi connectivity index (χ1v) is 24.3. The van der Waals surface area contributed by atoms with Crippen LogP contribution in [0, 0.1) is 0 Å². The van der Waals surface area contributed by atoms with Gasteiger partial charge in [0, 0.05) is 19.3 Å². The number of hydrogen-bond acceptors (Lipinski definition) is 6. The molecule has 0 amide bonds. The van der Waals surface area contributed by atoms with Gasteiger partial charge in [-0.15, -0.1) is 0 Å². The zero-order valence-corrected chi connectivity index (χ0v) is 38.0. The van der Waals surface area contributed by atoms with Gasteiger partial charge in [-0.2, -0.15) is 0 Å². The average Bonchev–Trinajstić information content (AvgIpc) is 3.22. The molecule has 1 atom stereocenters. The number of hydrogen-bond donors (Lipinski definition) is 0. The summed E-state index contributed by atoms with van der Waals surface area (Å²) in [6.07, 6.45) is 56.4. The largest absolute Gasteiger partial charge is 0.462 e. The van der Waals surface area contributed by atoms with Gasteiger partial charge in [-0.25, -0.2) is 0 Å². The molecule has 0 N–H and O–H groups in total. The maximum Gasteiger partial charge on any atom is 0.306 e. The molecule has 0 aliphatic carbocycles. The van der Waals surface area contributed by atoms with E-state index in [2.05, 4.69) is 81.5 Å². The van der Waals surface area contributed by atoms with Crippen LogP contribution < -0.4 is 0 Å². The molecule has 0 saturated heterocycles. The van der Waals surface area contributed by atoms with Crippen LogP contribution in [0.1, 0.15) is 233 Å². The van der Waals surface area contributed by atoms with E-state index in [9.17, 15) is 14.4 Å². The number of ether oxygens (including phenoxy) is 3. The summed E-state index contributed by atoms with van der Waals surface area (Å²) >= 11 is 0. The Labute approximate surface area is 358 Å². The van der Waals surface area contributed by atoms with Crippen LogP contribution in [0.4, 0.5) is 0 Å². The number of carbonyl (C=O) groups excluding carboxylic acids is 3. The van der Waals surface area contributed by atoms with Crippen molar-refractivity contribution in [1.82, 2.24) is 0 Å². The van der Waals surface area contributed by atoms with Gasteiger partial charge in [-0.1, -0.05) is 178 Å². The first-order chi connectivity index (χ1) is 28.5. The van der Waals surface area contributed by atoms with Crippen molar-refractivity contribution in [3.8, 4) is 0 Å². The van der Waals surface area contributed by atoms with Crippen LogP contribution in [0.25, 0.3) is 0 Å². The zero-order valence-electron chi connectivity index (χ0n) is 38.0. The van der Waals surface area contributed by atoms with Gasteiger partial charge < -0.3 is 14.2 Å². The van der Waals surface area contributed by atoms with Crippen molar-refractivity contribution >= 4 is 17.9 Å². The Balaban J connectivity index is 4.38. The van der Waals surface area contributed by atoms with Gasteiger partial charge >= 0.3 is 17.9 Å². The second-order valence-electron chi connectivity index (χ2n) is 16.0. The highest BCUT2D eigenvalue weighted by Crippen LogP contribution is 2.13.